The number of aliphatic imine (C=N–C) groups is 1. The minimum absolute atomic E-state index is 0.149. The molecule has 1 heterocycles. The zero-order chi connectivity index (χ0) is 16.4. The number of aryl methyl sites for hydroxylation is 1. The van der Waals surface area contributed by atoms with Crippen LogP contribution >= 0.6 is 0 Å². The quantitative estimate of drug-likeness (QED) is 0.769. The van der Waals surface area contributed by atoms with E-state index in [1.54, 1.807) is 6.07 Å². The van der Waals surface area contributed by atoms with E-state index in [0.29, 0.717) is 6.42 Å². The predicted molar refractivity (Wildman–Crippen MR) is 97.2 cm³/mol. The summed E-state index contributed by atoms with van der Waals surface area (Å²) < 4.78 is 14.4. The molecule has 0 aromatic heterocycles. The van der Waals surface area contributed by atoms with Crippen LogP contribution in [-0.2, 0) is 12.8 Å². The largest absolute Gasteiger partial charge is 0.368 e. The van der Waals surface area contributed by atoms with Crippen molar-refractivity contribution >= 4 is 16.6 Å². The smallest absolute Gasteiger partial charge is 0.128 e. The molecule has 0 radical (unpaired) electrons. The molecule has 3 heteroatoms. The van der Waals surface area contributed by atoms with E-state index >= 15 is 0 Å². The first kappa shape index (κ1) is 14.9. The summed E-state index contributed by atoms with van der Waals surface area (Å²) in [5.74, 6) is 0.673. The fourth-order valence-corrected chi connectivity index (χ4v) is 3.38. The van der Waals surface area contributed by atoms with E-state index in [1.165, 1.54) is 22.4 Å². The van der Waals surface area contributed by atoms with Crippen LogP contribution in [0.4, 0.5) is 4.39 Å². The predicted octanol–water partition coefficient (Wildman–Crippen LogP) is 4.11. The number of halogens is 1. The molecule has 1 N–H and O–H groups in total. The van der Waals surface area contributed by atoms with Gasteiger partial charge in [0.1, 0.15) is 11.7 Å². The van der Waals surface area contributed by atoms with Gasteiger partial charge >= 0.3 is 0 Å². The van der Waals surface area contributed by atoms with Gasteiger partial charge in [-0.05, 0) is 40.8 Å². The molecule has 3 aromatic rings. The molecule has 1 aliphatic heterocycles. The first-order valence-electron chi connectivity index (χ1n) is 8.35. The Morgan fingerprint density at radius 1 is 0.917 bits per heavy atom. The summed E-state index contributed by atoms with van der Waals surface area (Å²) in [4.78, 5) is 4.45. The second-order valence-electron chi connectivity index (χ2n) is 6.06. The normalized spacial score (nSPS) is 13.8. The van der Waals surface area contributed by atoms with Crippen LogP contribution in [0.25, 0.3) is 10.8 Å². The molecule has 0 aliphatic carbocycles. The molecule has 0 spiro atoms. The third-order valence-electron chi connectivity index (χ3n) is 4.57. The maximum atomic E-state index is 14.4. The van der Waals surface area contributed by atoms with Gasteiger partial charge < -0.3 is 5.32 Å². The second-order valence-corrected chi connectivity index (χ2v) is 6.06. The maximum Gasteiger partial charge on any atom is 0.128 e. The van der Waals surface area contributed by atoms with Gasteiger partial charge in [-0.3, -0.25) is 4.99 Å². The molecule has 0 saturated carbocycles. The molecule has 0 fully saturated rings. The minimum Gasteiger partial charge on any atom is -0.368 e. The van der Waals surface area contributed by atoms with Gasteiger partial charge in [0.25, 0.3) is 0 Å². The Hall–Kier alpha value is -2.68. The Morgan fingerprint density at radius 3 is 2.62 bits per heavy atom. The Balaban J connectivity index is 1.66. The third kappa shape index (κ3) is 2.78. The summed E-state index contributed by atoms with van der Waals surface area (Å²) in [6.45, 7) is 1.59. The monoisotopic (exact) mass is 318 g/mol. The molecule has 4 rings (SSSR count). The van der Waals surface area contributed by atoms with E-state index in [9.17, 15) is 4.39 Å². The van der Waals surface area contributed by atoms with Crippen molar-refractivity contribution in [2.45, 2.75) is 12.8 Å². The lowest BCUT2D eigenvalue weighted by Crippen LogP contribution is -2.21. The van der Waals surface area contributed by atoms with Crippen LogP contribution in [-0.4, -0.2) is 18.9 Å². The minimum atomic E-state index is -0.149. The van der Waals surface area contributed by atoms with E-state index in [-0.39, 0.29) is 5.82 Å². The van der Waals surface area contributed by atoms with Crippen LogP contribution in [0.5, 0.6) is 0 Å². The summed E-state index contributed by atoms with van der Waals surface area (Å²) in [6.07, 6.45) is 1.47. The van der Waals surface area contributed by atoms with Crippen LogP contribution in [0.3, 0.4) is 0 Å². The Kier molecular flexibility index (Phi) is 3.99. The fraction of sp³-hybridized carbons (Fsp3) is 0.190. The summed E-state index contributed by atoms with van der Waals surface area (Å²) >= 11 is 0. The third-order valence-corrected chi connectivity index (χ3v) is 4.57. The van der Waals surface area contributed by atoms with Gasteiger partial charge in [0, 0.05) is 12.1 Å². The lowest BCUT2D eigenvalue weighted by molar-refractivity contribution is 0.608. The van der Waals surface area contributed by atoms with Crippen molar-refractivity contribution in [3.8, 4) is 0 Å². The van der Waals surface area contributed by atoms with Crippen molar-refractivity contribution in [2.75, 3.05) is 13.1 Å². The number of amidine groups is 1. The average Bonchev–Trinajstić information content (AvgIpc) is 3.15. The zero-order valence-corrected chi connectivity index (χ0v) is 13.4. The van der Waals surface area contributed by atoms with Gasteiger partial charge in [-0.25, -0.2) is 4.39 Å². The van der Waals surface area contributed by atoms with Crippen molar-refractivity contribution in [1.29, 1.82) is 0 Å². The summed E-state index contributed by atoms with van der Waals surface area (Å²) in [6, 6.07) is 19.9. The lowest BCUT2D eigenvalue weighted by Gasteiger charge is -2.12. The molecule has 0 bridgehead atoms. The van der Waals surface area contributed by atoms with E-state index in [4.69, 9.17) is 0 Å². The molecule has 0 amide bonds. The topological polar surface area (TPSA) is 24.4 Å². The number of hydrogen-bond donors (Lipinski definition) is 1. The number of rotatable bonds is 4. The Bertz CT molecular complexity index is 909. The highest BCUT2D eigenvalue weighted by molar-refractivity contribution is 6.01. The van der Waals surface area contributed by atoms with Gasteiger partial charge in [0.15, 0.2) is 0 Å². The second kappa shape index (κ2) is 6.44. The van der Waals surface area contributed by atoms with Crippen molar-refractivity contribution in [3.05, 3.63) is 83.2 Å². The number of hydrogen-bond acceptors (Lipinski definition) is 2. The molecule has 120 valence electrons. The van der Waals surface area contributed by atoms with Gasteiger partial charge in [-0.2, -0.15) is 0 Å². The molecule has 3 aromatic carbocycles. The first-order chi connectivity index (χ1) is 11.8. The van der Waals surface area contributed by atoms with Crippen LogP contribution in [0.15, 0.2) is 65.7 Å². The van der Waals surface area contributed by atoms with Crippen LogP contribution in [0.1, 0.15) is 16.7 Å². The highest BCUT2D eigenvalue weighted by atomic mass is 19.1. The SMILES string of the molecule is Fc1cccc(C2=NCCN2)c1CCc1cccc2ccccc12. The molecular formula is C21H19FN2. The summed E-state index contributed by atoms with van der Waals surface area (Å²) in [5.41, 5.74) is 2.90. The van der Waals surface area contributed by atoms with Gasteiger partial charge in [-0.15, -0.1) is 0 Å². The standard InChI is InChI=1S/C21H19FN2/c22-20-10-4-9-19(21-23-13-14-24-21)18(20)12-11-16-7-3-6-15-5-1-2-8-17(15)16/h1-10H,11-14H2,(H,23,24). The van der Waals surface area contributed by atoms with Crippen molar-refractivity contribution < 1.29 is 4.39 Å². The molecule has 0 unspecified atom stereocenters. The molecule has 2 nitrogen and oxygen atoms in total. The van der Waals surface area contributed by atoms with Crippen molar-refractivity contribution in [1.82, 2.24) is 5.32 Å². The molecule has 0 saturated heterocycles. The van der Waals surface area contributed by atoms with Crippen LogP contribution in [0.2, 0.25) is 0 Å². The Labute approximate surface area is 141 Å². The van der Waals surface area contributed by atoms with Crippen LogP contribution < -0.4 is 5.32 Å². The molecular weight excluding hydrogens is 299 g/mol. The number of benzene rings is 3. The van der Waals surface area contributed by atoms with Gasteiger partial charge in [0.05, 0.1) is 6.54 Å². The number of nitrogens with one attached hydrogen (secondary N) is 1. The average molecular weight is 318 g/mol. The zero-order valence-electron chi connectivity index (χ0n) is 13.4. The van der Waals surface area contributed by atoms with E-state index in [2.05, 4.69) is 46.7 Å². The molecule has 1 aliphatic rings. The van der Waals surface area contributed by atoms with Crippen LogP contribution in [0, 0.1) is 5.82 Å². The maximum absolute atomic E-state index is 14.4. The first-order valence-corrected chi connectivity index (χ1v) is 8.35. The van der Waals surface area contributed by atoms with E-state index in [1.807, 2.05) is 12.1 Å². The van der Waals surface area contributed by atoms with Crippen molar-refractivity contribution in [3.63, 3.8) is 0 Å². The highest BCUT2D eigenvalue weighted by Crippen LogP contribution is 2.22. The fourth-order valence-electron chi connectivity index (χ4n) is 3.38. The van der Waals surface area contributed by atoms with E-state index in [0.717, 1.165) is 36.5 Å². The van der Waals surface area contributed by atoms with Crippen molar-refractivity contribution in [2.24, 2.45) is 4.99 Å². The number of fused-ring (bicyclic) bond motifs is 1. The molecule has 24 heavy (non-hydrogen) atoms. The summed E-state index contributed by atoms with van der Waals surface area (Å²) in [7, 11) is 0. The van der Waals surface area contributed by atoms with E-state index < -0.39 is 0 Å². The Morgan fingerprint density at radius 2 is 1.75 bits per heavy atom. The molecule has 0 atom stereocenters. The summed E-state index contributed by atoms with van der Waals surface area (Å²) in [5, 5.41) is 5.72. The lowest BCUT2D eigenvalue weighted by atomic mass is 9.95. The highest BCUT2D eigenvalue weighted by Gasteiger charge is 2.16. The van der Waals surface area contributed by atoms with Gasteiger partial charge in [-0.1, -0.05) is 54.6 Å². The van der Waals surface area contributed by atoms with Gasteiger partial charge in [0.2, 0.25) is 0 Å². The number of nitrogens with zero attached hydrogens (tertiary/aromatic N) is 1.